The lowest BCUT2D eigenvalue weighted by Crippen LogP contribution is -2.43. The number of nitrogens with one attached hydrogen (secondary N) is 3. The molecule has 0 bridgehead atoms. The Morgan fingerprint density at radius 1 is 1.33 bits per heavy atom. The van der Waals surface area contributed by atoms with Gasteiger partial charge in [0.1, 0.15) is 0 Å². The SMILES string of the molecule is CCNc1ccc(C(=O)OCC)cc1NC(=O)CC1COCCN1. The van der Waals surface area contributed by atoms with Gasteiger partial charge in [-0.3, -0.25) is 4.79 Å². The fourth-order valence-corrected chi connectivity index (χ4v) is 2.51. The summed E-state index contributed by atoms with van der Waals surface area (Å²) < 4.78 is 10.4. The van der Waals surface area contributed by atoms with Crippen molar-refractivity contribution in [3.8, 4) is 0 Å². The van der Waals surface area contributed by atoms with E-state index in [1.165, 1.54) is 0 Å². The van der Waals surface area contributed by atoms with Crippen molar-refractivity contribution in [3.63, 3.8) is 0 Å². The minimum Gasteiger partial charge on any atom is -0.462 e. The molecule has 1 saturated heterocycles. The molecule has 1 heterocycles. The maximum absolute atomic E-state index is 12.3. The van der Waals surface area contributed by atoms with Crippen LogP contribution in [0, 0.1) is 0 Å². The van der Waals surface area contributed by atoms with Crippen molar-refractivity contribution in [2.45, 2.75) is 26.3 Å². The Hall–Kier alpha value is -2.12. The van der Waals surface area contributed by atoms with Gasteiger partial charge in [-0.15, -0.1) is 0 Å². The van der Waals surface area contributed by atoms with Crippen LogP contribution in [0.15, 0.2) is 18.2 Å². The molecule has 0 spiro atoms. The van der Waals surface area contributed by atoms with Crippen LogP contribution < -0.4 is 16.0 Å². The summed E-state index contributed by atoms with van der Waals surface area (Å²) >= 11 is 0. The van der Waals surface area contributed by atoms with Gasteiger partial charge in [0.2, 0.25) is 5.91 Å². The predicted molar refractivity (Wildman–Crippen MR) is 92.4 cm³/mol. The molecule has 1 atom stereocenters. The lowest BCUT2D eigenvalue weighted by atomic mass is 10.1. The first kappa shape index (κ1) is 18.2. The Balaban J connectivity index is 2.08. The van der Waals surface area contributed by atoms with Crippen LogP contribution in [0.25, 0.3) is 0 Å². The van der Waals surface area contributed by atoms with Gasteiger partial charge in [-0.25, -0.2) is 4.79 Å². The molecule has 3 N–H and O–H groups in total. The highest BCUT2D eigenvalue weighted by Crippen LogP contribution is 2.24. The van der Waals surface area contributed by atoms with Crippen molar-refractivity contribution in [1.29, 1.82) is 0 Å². The van der Waals surface area contributed by atoms with E-state index in [2.05, 4.69) is 16.0 Å². The van der Waals surface area contributed by atoms with Crippen LogP contribution in [0.4, 0.5) is 11.4 Å². The Morgan fingerprint density at radius 2 is 2.17 bits per heavy atom. The Labute approximate surface area is 142 Å². The summed E-state index contributed by atoms with van der Waals surface area (Å²) in [5.41, 5.74) is 1.75. The molecular formula is C17H25N3O4. The molecule has 1 aliphatic rings. The molecule has 1 unspecified atom stereocenters. The van der Waals surface area contributed by atoms with E-state index in [4.69, 9.17) is 9.47 Å². The molecule has 2 rings (SSSR count). The summed E-state index contributed by atoms with van der Waals surface area (Å²) in [6, 6.07) is 5.10. The molecule has 24 heavy (non-hydrogen) atoms. The summed E-state index contributed by atoms with van der Waals surface area (Å²) in [6.07, 6.45) is 0.315. The first-order valence-electron chi connectivity index (χ1n) is 8.30. The molecule has 1 aromatic carbocycles. The van der Waals surface area contributed by atoms with Gasteiger partial charge in [0.15, 0.2) is 0 Å². The molecule has 0 saturated carbocycles. The molecule has 7 nitrogen and oxygen atoms in total. The van der Waals surface area contributed by atoms with Crippen molar-refractivity contribution < 1.29 is 19.1 Å². The van der Waals surface area contributed by atoms with E-state index in [1.807, 2.05) is 6.92 Å². The average molecular weight is 335 g/mol. The number of carbonyl (C=O) groups excluding carboxylic acids is 2. The molecule has 1 aliphatic heterocycles. The zero-order valence-electron chi connectivity index (χ0n) is 14.2. The van der Waals surface area contributed by atoms with Crippen LogP contribution in [0.5, 0.6) is 0 Å². The number of anilines is 2. The fraction of sp³-hybridized carbons (Fsp3) is 0.529. The number of rotatable bonds is 7. The summed E-state index contributed by atoms with van der Waals surface area (Å²) in [5.74, 6) is -0.531. The zero-order chi connectivity index (χ0) is 17.4. The van der Waals surface area contributed by atoms with E-state index in [9.17, 15) is 9.59 Å². The smallest absolute Gasteiger partial charge is 0.338 e. The number of hydrogen-bond donors (Lipinski definition) is 3. The van der Waals surface area contributed by atoms with E-state index in [0.29, 0.717) is 44.0 Å². The van der Waals surface area contributed by atoms with Gasteiger partial charge in [-0.2, -0.15) is 0 Å². The number of morpholine rings is 1. The molecule has 1 amide bonds. The number of ether oxygens (including phenoxy) is 2. The molecule has 1 aromatic rings. The zero-order valence-corrected chi connectivity index (χ0v) is 14.2. The third kappa shape index (κ3) is 5.21. The molecule has 132 valence electrons. The third-order valence-corrected chi connectivity index (χ3v) is 3.60. The van der Waals surface area contributed by atoms with Gasteiger partial charge in [-0.1, -0.05) is 0 Å². The average Bonchev–Trinajstić information content (AvgIpc) is 2.57. The summed E-state index contributed by atoms with van der Waals surface area (Å²) in [7, 11) is 0. The Morgan fingerprint density at radius 3 is 2.83 bits per heavy atom. The lowest BCUT2D eigenvalue weighted by Gasteiger charge is -2.23. The maximum Gasteiger partial charge on any atom is 0.338 e. The third-order valence-electron chi connectivity index (χ3n) is 3.60. The first-order valence-corrected chi connectivity index (χ1v) is 8.30. The molecule has 0 aromatic heterocycles. The molecular weight excluding hydrogens is 310 g/mol. The van der Waals surface area contributed by atoms with E-state index in [1.54, 1.807) is 25.1 Å². The highest BCUT2D eigenvalue weighted by Gasteiger charge is 2.18. The van der Waals surface area contributed by atoms with Crippen LogP contribution in [0.2, 0.25) is 0 Å². The number of esters is 1. The fourth-order valence-electron chi connectivity index (χ4n) is 2.51. The number of hydrogen-bond acceptors (Lipinski definition) is 6. The highest BCUT2D eigenvalue weighted by atomic mass is 16.5. The monoisotopic (exact) mass is 335 g/mol. The van der Waals surface area contributed by atoms with Crippen molar-refractivity contribution >= 4 is 23.3 Å². The van der Waals surface area contributed by atoms with Crippen molar-refractivity contribution in [1.82, 2.24) is 5.32 Å². The van der Waals surface area contributed by atoms with E-state index in [-0.39, 0.29) is 11.9 Å². The van der Waals surface area contributed by atoms with Gasteiger partial charge in [0, 0.05) is 25.6 Å². The minimum atomic E-state index is -0.404. The van der Waals surface area contributed by atoms with Crippen LogP contribution >= 0.6 is 0 Å². The molecule has 0 radical (unpaired) electrons. The predicted octanol–water partition coefficient (Wildman–Crippen LogP) is 1.61. The highest BCUT2D eigenvalue weighted by molar-refractivity contribution is 5.98. The quantitative estimate of drug-likeness (QED) is 0.656. The number of benzene rings is 1. The summed E-state index contributed by atoms with van der Waals surface area (Å²) in [5, 5.41) is 9.30. The van der Waals surface area contributed by atoms with Gasteiger partial charge in [0.25, 0.3) is 0 Å². The Bertz CT molecular complexity index is 571. The standard InChI is InChI=1S/C17H25N3O4/c1-3-18-14-6-5-12(17(22)24-4-2)9-15(14)20-16(21)10-13-11-23-8-7-19-13/h5-6,9,13,18-19H,3-4,7-8,10-11H2,1-2H3,(H,20,21). The molecule has 1 fully saturated rings. The van der Waals surface area contributed by atoms with Crippen molar-refractivity contribution in [2.24, 2.45) is 0 Å². The van der Waals surface area contributed by atoms with Crippen LogP contribution in [0.1, 0.15) is 30.6 Å². The van der Waals surface area contributed by atoms with Gasteiger partial charge in [0.05, 0.1) is 36.8 Å². The second-order valence-electron chi connectivity index (χ2n) is 5.49. The minimum absolute atomic E-state index is 0.00886. The van der Waals surface area contributed by atoms with Crippen LogP contribution in [-0.2, 0) is 14.3 Å². The number of amides is 1. The second-order valence-corrected chi connectivity index (χ2v) is 5.49. The summed E-state index contributed by atoms with van der Waals surface area (Å²) in [4.78, 5) is 24.2. The Kier molecular flexibility index (Phi) is 7.02. The normalized spacial score (nSPS) is 17.2. The van der Waals surface area contributed by atoms with Crippen molar-refractivity contribution in [3.05, 3.63) is 23.8 Å². The van der Waals surface area contributed by atoms with Crippen LogP contribution in [0.3, 0.4) is 0 Å². The van der Waals surface area contributed by atoms with Gasteiger partial charge < -0.3 is 25.4 Å². The van der Waals surface area contributed by atoms with Crippen LogP contribution in [-0.4, -0.2) is 50.8 Å². The lowest BCUT2D eigenvalue weighted by molar-refractivity contribution is -0.117. The van der Waals surface area contributed by atoms with E-state index in [0.717, 1.165) is 12.2 Å². The van der Waals surface area contributed by atoms with E-state index < -0.39 is 5.97 Å². The largest absolute Gasteiger partial charge is 0.462 e. The molecule has 7 heteroatoms. The van der Waals surface area contributed by atoms with E-state index >= 15 is 0 Å². The van der Waals surface area contributed by atoms with Crippen molar-refractivity contribution in [2.75, 3.05) is 43.5 Å². The van der Waals surface area contributed by atoms with Gasteiger partial charge in [-0.05, 0) is 32.0 Å². The first-order chi connectivity index (χ1) is 11.6. The maximum atomic E-state index is 12.3. The topological polar surface area (TPSA) is 88.7 Å². The molecule has 0 aliphatic carbocycles. The number of carbonyl (C=O) groups is 2. The second kappa shape index (κ2) is 9.24. The van der Waals surface area contributed by atoms with Gasteiger partial charge >= 0.3 is 5.97 Å². The summed E-state index contributed by atoms with van der Waals surface area (Å²) in [6.45, 7) is 6.68.